The van der Waals surface area contributed by atoms with Gasteiger partial charge in [-0.3, -0.25) is 4.79 Å². The van der Waals surface area contributed by atoms with Crippen LogP contribution in [0.15, 0.2) is 18.2 Å². The third-order valence-electron chi connectivity index (χ3n) is 4.91. The van der Waals surface area contributed by atoms with Crippen LogP contribution in [0.1, 0.15) is 35.2 Å². The lowest BCUT2D eigenvalue weighted by molar-refractivity contribution is -0.137. The Morgan fingerprint density at radius 1 is 1.17 bits per heavy atom. The minimum absolute atomic E-state index is 0. The SMILES string of the molecule is Cl.O=C(c1cc(C(F)(F)F)ccc1F)N1CCC2(CCNCC2)C1. The molecule has 0 aromatic heterocycles. The standard InChI is InChI=1S/C16H18F4N2O.ClH/c17-13-2-1-11(16(18,19)20)9-12(13)14(23)22-8-5-15(10-22)3-6-21-7-4-15;/h1-2,9,21H,3-8,10H2;1H. The number of carbonyl (C=O) groups excluding carboxylic acids is 1. The molecule has 0 unspecified atom stereocenters. The van der Waals surface area contributed by atoms with Gasteiger partial charge in [0.25, 0.3) is 5.91 Å². The van der Waals surface area contributed by atoms with E-state index >= 15 is 0 Å². The number of benzene rings is 1. The summed E-state index contributed by atoms with van der Waals surface area (Å²) in [7, 11) is 0. The predicted molar refractivity (Wildman–Crippen MR) is 83.7 cm³/mol. The van der Waals surface area contributed by atoms with Crippen molar-refractivity contribution in [2.24, 2.45) is 5.41 Å². The minimum Gasteiger partial charge on any atom is -0.338 e. The van der Waals surface area contributed by atoms with Gasteiger partial charge in [0, 0.05) is 13.1 Å². The summed E-state index contributed by atoms with van der Waals surface area (Å²) in [4.78, 5) is 14.0. The van der Waals surface area contributed by atoms with Gasteiger partial charge in [-0.1, -0.05) is 0 Å². The summed E-state index contributed by atoms with van der Waals surface area (Å²) < 4.78 is 52.2. The fourth-order valence-electron chi connectivity index (χ4n) is 3.51. The van der Waals surface area contributed by atoms with E-state index in [1.807, 2.05) is 0 Å². The third kappa shape index (κ3) is 3.67. The zero-order valence-corrected chi connectivity index (χ0v) is 13.8. The number of likely N-dealkylation sites (tertiary alicyclic amines) is 1. The maximum atomic E-state index is 13.9. The number of carbonyl (C=O) groups is 1. The van der Waals surface area contributed by atoms with E-state index < -0.39 is 29.0 Å². The lowest BCUT2D eigenvalue weighted by Gasteiger charge is -2.33. The van der Waals surface area contributed by atoms with Crippen LogP contribution < -0.4 is 5.32 Å². The van der Waals surface area contributed by atoms with Gasteiger partial charge >= 0.3 is 6.18 Å². The fourth-order valence-corrected chi connectivity index (χ4v) is 3.51. The van der Waals surface area contributed by atoms with Crippen LogP contribution in [0.5, 0.6) is 0 Å². The first-order valence-electron chi connectivity index (χ1n) is 7.68. The maximum Gasteiger partial charge on any atom is 0.416 e. The molecule has 3 rings (SSSR count). The van der Waals surface area contributed by atoms with Crippen LogP contribution in [0.25, 0.3) is 0 Å². The zero-order chi connectivity index (χ0) is 16.7. The molecule has 2 aliphatic rings. The second kappa shape index (κ2) is 6.88. The van der Waals surface area contributed by atoms with Crippen molar-refractivity contribution in [3.05, 3.63) is 35.1 Å². The Bertz CT molecular complexity index is 615. The fraction of sp³-hybridized carbons (Fsp3) is 0.562. The molecule has 1 N–H and O–H groups in total. The van der Waals surface area contributed by atoms with Crippen LogP contribution in [-0.2, 0) is 6.18 Å². The molecule has 134 valence electrons. The average Bonchev–Trinajstić information content (AvgIpc) is 2.90. The first kappa shape index (κ1) is 19.0. The number of nitrogens with one attached hydrogen (secondary N) is 1. The first-order valence-corrected chi connectivity index (χ1v) is 7.68. The molecule has 2 heterocycles. The summed E-state index contributed by atoms with van der Waals surface area (Å²) in [6, 6.07) is 1.99. The smallest absolute Gasteiger partial charge is 0.338 e. The van der Waals surface area contributed by atoms with Crippen molar-refractivity contribution in [2.45, 2.75) is 25.4 Å². The quantitative estimate of drug-likeness (QED) is 0.772. The van der Waals surface area contributed by atoms with Gasteiger partial charge in [0.1, 0.15) is 5.82 Å². The van der Waals surface area contributed by atoms with Gasteiger partial charge in [-0.2, -0.15) is 13.2 Å². The molecule has 24 heavy (non-hydrogen) atoms. The number of hydrogen-bond donors (Lipinski definition) is 1. The van der Waals surface area contributed by atoms with Crippen LogP contribution in [-0.4, -0.2) is 37.0 Å². The number of nitrogens with zero attached hydrogens (tertiary/aromatic N) is 1. The lowest BCUT2D eigenvalue weighted by Crippen LogP contribution is -2.40. The summed E-state index contributed by atoms with van der Waals surface area (Å²) >= 11 is 0. The van der Waals surface area contributed by atoms with E-state index in [2.05, 4.69) is 5.32 Å². The summed E-state index contributed by atoms with van der Waals surface area (Å²) in [5.74, 6) is -1.56. The summed E-state index contributed by atoms with van der Waals surface area (Å²) in [6.45, 7) is 2.71. The molecule has 1 aromatic rings. The van der Waals surface area contributed by atoms with Crippen LogP contribution in [0.4, 0.5) is 17.6 Å². The molecule has 0 bridgehead atoms. The van der Waals surface area contributed by atoms with E-state index in [1.165, 1.54) is 4.90 Å². The molecular weight excluding hydrogens is 348 g/mol. The zero-order valence-electron chi connectivity index (χ0n) is 13.0. The van der Waals surface area contributed by atoms with E-state index in [-0.39, 0.29) is 17.8 Å². The van der Waals surface area contributed by atoms with Crippen molar-refractivity contribution in [3.63, 3.8) is 0 Å². The van der Waals surface area contributed by atoms with Crippen LogP contribution in [0, 0.1) is 11.2 Å². The van der Waals surface area contributed by atoms with Gasteiger partial charge in [-0.05, 0) is 56.0 Å². The third-order valence-corrected chi connectivity index (χ3v) is 4.91. The summed E-state index contributed by atoms with van der Waals surface area (Å²) in [5.41, 5.74) is -1.47. The van der Waals surface area contributed by atoms with Gasteiger partial charge in [0.05, 0.1) is 11.1 Å². The molecule has 0 aliphatic carbocycles. The Morgan fingerprint density at radius 2 is 1.83 bits per heavy atom. The van der Waals surface area contributed by atoms with Gasteiger partial charge in [-0.15, -0.1) is 12.4 Å². The highest BCUT2D eigenvalue weighted by Gasteiger charge is 2.41. The maximum absolute atomic E-state index is 13.9. The molecule has 8 heteroatoms. The number of halogens is 5. The Kier molecular flexibility index (Phi) is 5.44. The Hall–Kier alpha value is -1.34. The lowest BCUT2D eigenvalue weighted by atomic mass is 9.78. The van der Waals surface area contributed by atoms with Crippen LogP contribution in [0.3, 0.4) is 0 Å². The van der Waals surface area contributed by atoms with Crippen molar-refractivity contribution < 1.29 is 22.4 Å². The Labute approximate surface area is 143 Å². The number of amides is 1. The molecule has 1 amide bonds. The molecule has 1 spiro atoms. The van der Waals surface area contributed by atoms with Crippen molar-refractivity contribution in [3.8, 4) is 0 Å². The molecule has 2 saturated heterocycles. The van der Waals surface area contributed by atoms with E-state index in [1.54, 1.807) is 0 Å². The highest BCUT2D eigenvalue weighted by Crippen LogP contribution is 2.39. The highest BCUT2D eigenvalue weighted by atomic mass is 35.5. The first-order chi connectivity index (χ1) is 10.8. The van der Waals surface area contributed by atoms with Gasteiger partial charge in [0.15, 0.2) is 0 Å². The van der Waals surface area contributed by atoms with E-state index in [0.717, 1.165) is 32.4 Å². The number of hydrogen-bond acceptors (Lipinski definition) is 2. The van der Waals surface area contributed by atoms with Crippen LogP contribution in [0.2, 0.25) is 0 Å². The number of alkyl halides is 3. The van der Waals surface area contributed by atoms with E-state index in [0.29, 0.717) is 31.3 Å². The topological polar surface area (TPSA) is 32.3 Å². The molecule has 0 saturated carbocycles. The van der Waals surface area contributed by atoms with Crippen molar-refractivity contribution in [2.75, 3.05) is 26.2 Å². The molecule has 0 radical (unpaired) electrons. The number of piperidine rings is 1. The normalized spacial score (nSPS) is 20.1. The summed E-state index contributed by atoms with van der Waals surface area (Å²) in [5, 5.41) is 3.26. The monoisotopic (exact) mass is 366 g/mol. The second-order valence-electron chi connectivity index (χ2n) is 6.42. The molecular formula is C16H19ClF4N2O. The Morgan fingerprint density at radius 3 is 2.46 bits per heavy atom. The van der Waals surface area contributed by atoms with Gasteiger partial charge < -0.3 is 10.2 Å². The largest absolute Gasteiger partial charge is 0.416 e. The number of rotatable bonds is 1. The molecule has 2 fully saturated rings. The van der Waals surface area contributed by atoms with Crippen molar-refractivity contribution in [1.29, 1.82) is 0 Å². The van der Waals surface area contributed by atoms with Crippen molar-refractivity contribution in [1.82, 2.24) is 10.2 Å². The van der Waals surface area contributed by atoms with E-state index in [9.17, 15) is 22.4 Å². The average molecular weight is 367 g/mol. The van der Waals surface area contributed by atoms with E-state index in [4.69, 9.17) is 0 Å². The summed E-state index contributed by atoms with van der Waals surface area (Å²) in [6.07, 6.45) is -1.91. The molecule has 2 aliphatic heterocycles. The van der Waals surface area contributed by atoms with Gasteiger partial charge in [0.2, 0.25) is 0 Å². The van der Waals surface area contributed by atoms with Crippen LogP contribution >= 0.6 is 12.4 Å². The predicted octanol–water partition coefficient (Wildman–Crippen LogP) is 3.48. The van der Waals surface area contributed by atoms with Crippen molar-refractivity contribution >= 4 is 18.3 Å². The highest BCUT2D eigenvalue weighted by molar-refractivity contribution is 5.95. The molecule has 0 atom stereocenters. The second-order valence-corrected chi connectivity index (χ2v) is 6.42. The van der Waals surface area contributed by atoms with Gasteiger partial charge in [-0.25, -0.2) is 4.39 Å². The Balaban J connectivity index is 0.00000208. The molecule has 3 nitrogen and oxygen atoms in total. The molecule has 1 aromatic carbocycles. The minimum atomic E-state index is -4.59.